The highest BCUT2D eigenvalue weighted by Crippen LogP contribution is 2.49. The van der Waals surface area contributed by atoms with Crippen molar-refractivity contribution < 1.29 is 23.5 Å². The summed E-state index contributed by atoms with van der Waals surface area (Å²) in [6.45, 7) is 1.63. The third-order valence-corrected chi connectivity index (χ3v) is 3.49. The molecule has 0 heterocycles. The van der Waals surface area contributed by atoms with E-state index in [0.29, 0.717) is 18.5 Å². The fourth-order valence-electron chi connectivity index (χ4n) is 2.36. The van der Waals surface area contributed by atoms with Gasteiger partial charge in [0.25, 0.3) is 0 Å². The molecule has 1 aliphatic carbocycles. The lowest BCUT2D eigenvalue weighted by Gasteiger charge is -2.18. The number of carboxylic acids is 1. The van der Waals surface area contributed by atoms with Gasteiger partial charge in [0.2, 0.25) is 5.91 Å². The van der Waals surface area contributed by atoms with Crippen molar-refractivity contribution in [2.45, 2.75) is 19.3 Å². The highest BCUT2D eigenvalue weighted by molar-refractivity contribution is 5.86. The van der Waals surface area contributed by atoms with E-state index < -0.39 is 23.5 Å². The van der Waals surface area contributed by atoms with E-state index in [4.69, 9.17) is 5.11 Å². The molecule has 1 aromatic rings. The lowest BCUT2D eigenvalue weighted by molar-refractivity contribution is -0.144. The second kappa shape index (κ2) is 5.56. The maximum Gasteiger partial charge on any atom is 0.323 e. The molecule has 0 aromatic heterocycles. The van der Waals surface area contributed by atoms with Crippen LogP contribution in [-0.4, -0.2) is 35.0 Å². The van der Waals surface area contributed by atoms with E-state index in [1.165, 1.54) is 11.0 Å². The molecule has 108 valence electrons. The van der Waals surface area contributed by atoms with Crippen LogP contribution in [0.1, 0.15) is 24.8 Å². The zero-order valence-corrected chi connectivity index (χ0v) is 11.0. The summed E-state index contributed by atoms with van der Waals surface area (Å²) in [5.41, 5.74) is 0.316. The van der Waals surface area contributed by atoms with Gasteiger partial charge in [-0.25, -0.2) is 8.78 Å². The Morgan fingerprint density at radius 1 is 1.40 bits per heavy atom. The number of benzene rings is 1. The van der Waals surface area contributed by atoms with E-state index in [2.05, 4.69) is 0 Å². The van der Waals surface area contributed by atoms with Gasteiger partial charge >= 0.3 is 5.97 Å². The number of nitrogens with zero attached hydrogens (tertiary/aromatic N) is 1. The van der Waals surface area contributed by atoms with Crippen molar-refractivity contribution in [2.24, 2.45) is 5.92 Å². The molecule has 20 heavy (non-hydrogen) atoms. The minimum atomic E-state index is -1.08. The van der Waals surface area contributed by atoms with Crippen molar-refractivity contribution in [1.29, 1.82) is 0 Å². The van der Waals surface area contributed by atoms with Gasteiger partial charge < -0.3 is 10.0 Å². The van der Waals surface area contributed by atoms with E-state index in [1.807, 2.05) is 0 Å². The molecule has 0 radical (unpaired) electrons. The van der Waals surface area contributed by atoms with Crippen LogP contribution in [0, 0.1) is 17.6 Å². The molecule has 1 aliphatic rings. The Hall–Kier alpha value is -1.98. The molecule has 0 saturated heterocycles. The van der Waals surface area contributed by atoms with Crippen molar-refractivity contribution in [3.8, 4) is 0 Å². The smallest absolute Gasteiger partial charge is 0.323 e. The van der Waals surface area contributed by atoms with Crippen LogP contribution in [0.2, 0.25) is 0 Å². The zero-order chi connectivity index (χ0) is 14.9. The summed E-state index contributed by atoms with van der Waals surface area (Å²) in [6.07, 6.45) is 0.470. The van der Waals surface area contributed by atoms with Gasteiger partial charge in [-0.15, -0.1) is 0 Å². The topological polar surface area (TPSA) is 57.6 Å². The maximum atomic E-state index is 13.6. The number of hydrogen-bond donors (Lipinski definition) is 1. The molecule has 1 N–H and O–H groups in total. The molecule has 1 fully saturated rings. The summed E-state index contributed by atoms with van der Waals surface area (Å²) >= 11 is 0. The number of carbonyl (C=O) groups excluding carboxylic acids is 1. The van der Waals surface area contributed by atoms with Crippen LogP contribution in [0.15, 0.2) is 18.2 Å². The summed E-state index contributed by atoms with van der Waals surface area (Å²) in [7, 11) is 0. The normalized spacial score (nSPS) is 20.6. The number of rotatable bonds is 5. The van der Waals surface area contributed by atoms with Crippen LogP contribution >= 0.6 is 0 Å². The summed E-state index contributed by atoms with van der Waals surface area (Å²) < 4.78 is 26.4. The van der Waals surface area contributed by atoms with Crippen molar-refractivity contribution in [1.82, 2.24) is 4.90 Å². The lowest BCUT2D eigenvalue weighted by atomic mass is 10.1. The number of amides is 1. The van der Waals surface area contributed by atoms with Gasteiger partial charge in [0.1, 0.15) is 18.2 Å². The average molecular weight is 283 g/mol. The standard InChI is InChI=1S/C14H15F2NO3/c1-2-17(7-13(18)19)14(20)11-6-10(11)9-4-3-8(15)5-12(9)16/h3-5,10-11H,2,6-7H2,1H3,(H,18,19)/t10-,11-/m0/s1. The highest BCUT2D eigenvalue weighted by atomic mass is 19.1. The van der Waals surface area contributed by atoms with Crippen molar-refractivity contribution in [3.05, 3.63) is 35.4 Å². The minimum Gasteiger partial charge on any atom is -0.480 e. The monoisotopic (exact) mass is 283 g/mol. The Balaban J connectivity index is 2.06. The van der Waals surface area contributed by atoms with Gasteiger partial charge in [-0.05, 0) is 30.9 Å². The Kier molecular flexibility index (Phi) is 4.01. The first-order valence-electron chi connectivity index (χ1n) is 6.39. The summed E-state index contributed by atoms with van der Waals surface area (Å²) in [6, 6.07) is 3.30. The zero-order valence-electron chi connectivity index (χ0n) is 11.0. The molecule has 0 spiro atoms. The molecule has 2 rings (SSSR count). The van der Waals surface area contributed by atoms with Crippen LogP contribution < -0.4 is 0 Å². The van der Waals surface area contributed by atoms with E-state index in [9.17, 15) is 18.4 Å². The summed E-state index contributed by atoms with van der Waals surface area (Å²) in [4.78, 5) is 24.0. The van der Waals surface area contributed by atoms with Crippen LogP contribution in [0.5, 0.6) is 0 Å². The van der Waals surface area contributed by atoms with Crippen molar-refractivity contribution in [3.63, 3.8) is 0 Å². The molecule has 0 unspecified atom stereocenters. The number of aliphatic carboxylic acids is 1. The molecule has 0 bridgehead atoms. The lowest BCUT2D eigenvalue weighted by Crippen LogP contribution is -2.36. The van der Waals surface area contributed by atoms with Gasteiger partial charge in [0.15, 0.2) is 0 Å². The quantitative estimate of drug-likeness (QED) is 0.899. The van der Waals surface area contributed by atoms with E-state index in [-0.39, 0.29) is 18.4 Å². The third-order valence-electron chi connectivity index (χ3n) is 3.49. The Labute approximate surface area is 115 Å². The number of likely N-dealkylation sites (N-methyl/N-ethyl adjacent to an activating group) is 1. The fourth-order valence-corrected chi connectivity index (χ4v) is 2.36. The molecular formula is C14H15F2NO3. The maximum absolute atomic E-state index is 13.6. The van der Waals surface area contributed by atoms with Gasteiger partial charge in [-0.3, -0.25) is 9.59 Å². The summed E-state index contributed by atoms with van der Waals surface area (Å²) in [5, 5.41) is 8.73. The third kappa shape index (κ3) is 2.95. The first kappa shape index (κ1) is 14.4. The number of halogens is 2. The van der Waals surface area contributed by atoms with Crippen molar-refractivity contribution >= 4 is 11.9 Å². The Morgan fingerprint density at radius 2 is 2.10 bits per heavy atom. The van der Waals surface area contributed by atoms with Crippen molar-refractivity contribution in [2.75, 3.05) is 13.1 Å². The SMILES string of the molecule is CCN(CC(=O)O)C(=O)[C@H]1C[C@H]1c1ccc(F)cc1F. The molecule has 1 amide bonds. The highest BCUT2D eigenvalue weighted by Gasteiger charge is 2.46. The predicted octanol–water partition coefficient (Wildman–Crippen LogP) is 2.00. The fraction of sp³-hybridized carbons (Fsp3) is 0.429. The van der Waals surface area contributed by atoms with Gasteiger partial charge in [0.05, 0.1) is 0 Å². The first-order chi connectivity index (χ1) is 9.43. The van der Waals surface area contributed by atoms with E-state index >= 15 is 0 Å². The second-order valence-corrected chi connectivity index (χ2v) is 4.86. The molecule has 1 aromatic carbocycles. The van der Waals surface area contributed by atoms with Crippen LogP contribution in [0.4, 0.5) is 8.78 Å². The number of hydrogen-bond acceptors (Lipinski definition) is 2. The first-order valence-corrected chi connectivity index (χ1v) is 6.39. The van der Waals surface area contributed by atoms with Crippen LogP contribution in [-0.2, 0) is 9.59 Å². The average Bonchev–Trinajstić information content (AvgIpc) is 3.15. The van der Waals surface area contributed by atoms with Crippen LogP contribution in [0.25, 0.3) is 0 Å². The predicted molar refractivity (Wildman–Crippen MR) is 67.1 cm³/mol. The molecule has 4 nitrogen and oxygen atoms in total. The summed E-state index contributed by atoms with van der Waals surface area (Å²) in [5.74, 6) is -3.38. The van der Waals surface area contributed by atoms with E-state index in [0.717, 1.165) is 12.1 Å². The van der Waals surface area contributed by atoms with Crippen LogP contribution in [0.3, 0.4) is 0 Å². The molecule has 1 saturated carbocycles. The molecule has 6 heteroatoms. The molecule has 2 atom stereocenters. The van der Waals surface area contributed by atoms with Gasteiger partial charge in [0, 0.05) is 18.5 Å². The number of carbonyl (C=O) groups is 2. The van der Waals surface area contributed by atoms with Gasteiger partial charge in [-0.1, -0.05) is 6.07 Å². The van der Waals surface area contributed by atoms with Gasteiger partial charge in [-0.2, -0.15) is 0 Å². The minimum absolute atomic E-state index is 0.286. The largest absolute Gasteiger partial charge is 0.480 e. The Bertz CT molecular complexity index is 547. The van der Waals surface area contributed by atoms with E-state index in [1.54, 1.807) is 6.92 Å². The second-order valence-electron chi connectivity index (χ2n) is 4.86. The molecule has 0 aliphatic heterocycles. The number of carboxylic acid groups (broad SMARTS) is 1. The molecular weight excluding hydrogens is 268 g/mol. The Morgan fingerprint density at radius 3 is 2.65 bits per heavy atom.